The van der Waals surface area contributed by atoms with E-state index in [1.165, 1.54) is 0 Å². The minimum Gasteiger partial charge on any atom is -0.294 e. The zero-order valence-electron chi connectivity index (χ0n) is 21.6. The Labute approximate surface area is 121 Å². The molecule has 0 bridgehead atoms. The maximum absolute atomic E-state index is 12.9. The summed E-state index contributed by atoms with van der Waals surface area (Å²) in [7, 11) is 0. The number of carbonyl (C=O) groups is 1. The highest BCUT2D eigenvalue weighted by atomic mass is 35.5. The van der Waals surface area contributed by atoms with Crippen molar-refractivity contribution in [1.29, 1.82) is 0 Å². The number of Topliss-reactive ketones (excluding diaryl/α,β-unsaturated/α-hetero) is 1. The SMILES string of the molecule is [2H]c1cc(C(=O)[C@@]([2H])(C)CC(C([2H])([2H])[2H])(C([2H])([2H])[2H])C([2H])([2H])[2H])c([2H])c(Cl)c1[2H]. The molecule has 1 aromatic carbocycles. The highest BCUT2D eigenvalue weighted by molar-refractivity contribution is 6.31. The maximum atomic E-state index is 12.9. The lowest BCUT2D eigenvalue weighted by Crippen LogP contribution is -2.18. The van der Waals surface area contributed by atoms with Gasteiger partial charge in [0, 0.05) is 30.2 Å². The summed E-state index contributed by atoms with van der Waals surface area (Å²) in [5.41, 5.74) is -4.01. The van der Waals surface area contributed by atoms with Crippen LogP contribution in [0.15, 0.2) is 24.2 Å². The molecule has 0 unspecified atom stereocenters. The fraction of sp³-hybridized carbons (Fsp3) is 0.500. The second-order valence-corrected chi connectivity index (χ2v) is 3.84. The number of halogens is 1. The molecule has 0 radical (unpaired) electrons. The van der Waals surface area contributed by atoms with Gasteiger partial charge in [0.15, 0.2) is 5.78 Å². The van der Waals surface area contributed by atoms with Crippen LogP contribution < -0.4 is 0 Å². The van der Waals surface area contributed by atoms with Gasteiger partial charge in [0.2, 0.25) is 0 Å². The molecule has 1 atom stereocenters. The van der Waals surface area contributed by atoms with Crippen LogP contribution in [0.3, 0.4) is 0 Å². The fourth-order valence-electron chi connectivity index (χ4n) is 1.19. The first-order valence-corrected chi connectivity index (χ1v) is 4.81. The van der Waals surface area contributed by atoms with Gasteiger partial charge in [-0.15, -0.1) is 0 Å². The minimum atomic E-state index is -3.58. The fourth-order valence-corrected chi connectivity index (χ4v) is 1.34. The molecule has 0 aliphatic rings. The summed E-state index contributed by atoms with van der Waals surface area (Å²) in [5, 5.41) is -0.551. The molecule has 0 aromatic heterocycles. The van der Waals surface area contributed by atoms with Gasteiger partial charge in [-0.2, -0.15) is 0 Å². The molecule has 0 heterocycles. The van der Waals surface area contributed by atoms with Crippen LogP contribution in [-0.2, 0) is 0 Å². The van der Waals surface area contributed by atoms with E-state index in [4.69, 9.17) is 29.4 Å². The summed E-state index contributed by atoms with van der Waals surface area (Å²) in [5.74, 6) is -3.88. The van der Waals surface area contributed by atoms with Crippen molar-refractivity contribution < 1.29 is 22.6 Å². The molecule has 0 aliphatic carbocycles. The first-order valence-electron chi connectivity index (χ1n) is 10.9. The number of hydrogen-bond donors (Lipinski definition) is 0. The average Bonchev–Trinajstić information content (AvgIpc) is 2.49. The molecular weight excluding hydrogens is 220 g/mol. The molecular formula is C14H19ClO. The van der Waals surface area contributed by atoms with Crippen molar-refractivity contribution in [2.75, 3.05) is 0 Å². The Morgan fingerprint density at radius 3 is 3.00 bits per heavy atom. The van der Waals surface area contributed by atoms with E-state index in [2.05, 4.69) is 0 Å². The third kappa shape index (κ3) is 3.97. The standard InChI is InChI=1S/C14H19ClO/c1-10(9-14(2,3)4)13(16)11-6-5-7-12(15)8-11/h5-8,10H,9H2,1-4H3/t10-/m0/s1/i2D3,3D3,4D3,5D,7D,8D,10D. The Balaban J connectivity index is 3.69. The van der Waals surface area contributed by atoms with Gasteiger partial charge in [0.25, 0.3) is 0 Å². The number of rotatable bonds is 3. The highest BCUT2D eigenvalue weighted by Gasteiger charge is 2.21. The molecule has 88 valence electrons. The third-order valence-corrected chi connectivity index (χ3v) is 1.99. The van der Waals surface area contributed by atoms with E-state index in [9.17, 15) is 4.79 Å². The van der Waals surface area contributed by atoms with Gasteiger partial charge in [0.1, 0.15) is 0 Å². The van der Waals surface area contributed by atoms with Crippen molar-refractivity contribution in [1.82, 2.24) is 0 Å². The average molecular weight is 252 g/mol. The molecule has 16 heavy (non-hydrogen) atoms. The minimum absolute atomic E-state index is 0.540. The summed E-state index contributed by atoms with van der Waals surface area (Å²) in [4.78, 5) is 12.9. The molecule has 0 amide bonds. The van der Waals surface area contributed by atoms with Gasteiger partial charge < -0.3 is 0 Å². The Morgan fingerprint density at radius 2 is 2.38 bits per heavy atom. The van der Waals surface area contributed by atoms with Crippen molar-refractivity contribution in [3.05, 3.63) is 34.8 Å². The maximum Gasteiger partial charge on any atom is 0.165 e. The summed E-state index contributed by atoms with van der Waals surface area (Å²) in [6.45, 7) is -9.91. The molecule has 0 fully saturated rings. The summed E-state index contributed by atoms with van der Waals surface area (Å²) >= 11 is 5.75. The predicted molar refractivity (Wildman–Crippen MR) is 69.0 cm³/mol. The third-order valence-electron chi connectivity index (χ3n) is 1.81. The van der Waals surface area contributed by atoms with Gasteiger partial charge in [-0.3, -0.25) is 4.79 Å². The first-order chi connectivity index (χ1) is 12.6. The highest BCUT2D eigenvalue weighted by Crippen LogP contribution is 2.26. The molecule has 0 spiro atoms. The zero-order valence-corrected chi connectivity index (χ0v) is 9.33. The predicted octanol–water partition coefficient (Wildman–Crippen LogP) is 4.60. The zero-order chi connectivity index (χ0) is 23.4. The Bertz CT molecular complexity index is 768. The van der Waals surface area contributed by atoms with Crippen molar-refractivity contribution in [3.8, 4) is 0 Å². The quantitative estimate of drug-likeness (QED) is 0.718. The summed E-state index contributed by atoms with van der Waals surface area (Å²) in [6.07, 6.45) is -1.39. The van der Waals surface area contributed by atoms with Crippen molar-refractivity contribution in [3.63, 3.8) is 0 Å². The molecule has 0 N–H and O–H groups in total. The van der Waals surface area contributed by atoms with Crippen molar-refractivity contribution >= 4 is 17.4 Å². The Kier molecular flexibility index (Phi) is 1.20. The van der Waals surface area contributed by atoms with Crippen LogP contribution in [0.2, 0.25) is 5.02 Å². The van der Waals surface area contributed by atoms with Crippen LogP contribution in [-0.4, -0.2) is 5.78 Å². The first kappa shape index (κ1) is 3.84. The van der Waals surface area contributed by atoms with Gasteiger partial charge in [-0.1, -0.05) is 51.2 Å². The lowest BCUT2D eigenvalue weighted by atomic mass is 9.82. The van der Waals surface area contributed by atoms with E-state index < -0.39 is 72.8 Å². The van der Waals surface area contributed by atoms with Crippen LogP contribution in [0.1, 0.15) is 62.1 Å². The number of hydrogen-bond acceptors (Lipinski definition) is 1. The van der Waals surface area contributed by atoms with Crippen LogP contribution in [0.4, 0.5) is 0 Å². The molecule has 0 saturated heterocycles. The van der Waals surface area contributed by atoms with Crippen molar-refractivity contribution in [2.24, 2.45) is 11.3 Å². The van der Waals surface area contributed by atoms with E-state index in [0.29, 0.717) is 0 Å². The monoisotopic (exact) mass is 251 g/mol. The lowest BCUT2D eigenvalue weighted by molar-refractivity contribution is 0.0897. The molecule has 2 heteroatoms. The Morgan fingerprint density at radius 1 is 1.69 bits per heavy atom. The number of benzene rings is 1. The normalized spacial score (nSPS) is 29.8. The van der Waals surface area contributed by atoms with E-state index in [1.807, 2.05) is 0 Å². The largest absolute Gasteiger partial charge is 0.294 e. The van der Waals surface area contributed by atoms with E-state index in [-0.39, 0.29) is 0 Å². The second-order valence-electron chi connectivity index (χ2n) is 3.46. The van der Waals surface area contributed by atoms with Crippen LogP contribution >= 0.6 is 11.6 Å². The molecule has 0 saturated carbocycles. The Hall–Kier alpha value is -0.820. The smallest absolute Gasteiger partial charge is 0.165 e. The van der Waals surface area contributed by atoms with Crippen LogP contribution in [0.5, 0.6) is 0 Å². The van der Waals surface area contributed by atoms with Gasteiger partial charge in [-0.25, -0.2) is 0 Å². The van der Waals surface area contributed by atoms with Crippen LogP contribution in [0.25, 0.3) is 0 Å². The molecule has 1 rings (SSSR count). The van der Waals surface area contributed by atoms with E-state index in [1.54, 1.807) is 0 Å². The van der Waals surface area contributed by atoms with E-state index in [0.717, 1.165) is 13.0 Å². The molecule has 1 aromatic rings. The molecule has 0 aliphatic heterocycles. The van der Waals surface area contributed by atoms with E-state index >= 15 is 0 Å². The summed E-state index contributed by atoms with van der Waals surface area (Å²) < 4.78 is 99.9. The second kappa shape index (κ2) is 5.01. The van der Waals surface area contributed by atoms with Gasteiger partial charge in [0.05, 0.1) is 4.11 Å². The summed E-state index contributed by atoms with van der Waals surface area (Å²) in [6, 6.07) is -0.994. The van der Waals surface area contributed by atoms with Gasteiger partial charge in [-0.05, 0) is 23.9 Å². The van der Waals surface area contributed by atoms with Gasteiger partial charge >= 0.3 is 0 Å². The lowest BCUT2D eigenvalue weighted by Gasteiger charge is -2.22. The van der Waals surface area contributed by atoms with Crippen LogP contribution in [0, 0.1) is 11.3 Å². The number of ketones is 1. The molecule has 1 nitrogen and oxygen atoms in total. The topological polar surface area (TPSA) is 17.1 Å². The van der Waals surface area contributed by atoms with Crippen molar-refractivity contribution in [2.45, 2.75) is 33.9 Å². The number of carbonyl (C=O) groups excluding carboxylic acids is 1.